The lowest BCUT2D eigenvalue weighted by Gasteiger charge is -2.17. The van der Waals surface area contributed by atoms with E-state index >= 15 is 0 Å². The Hall–Kier alpha value is -3.18. The second kappa shape index (κ2) is 6.98. The lowest BCUT2D eigenvalue weighted by atomic mass is 9.99. The second-order valence-electron chi connectivity index (χ2n) is 4.70. The third-order valence-corrected chi connectivity index (χ3v) is 2.92. The first-order valence-corrected chi connectivity index (χ1v) is 6.67. The van der Waals surface area contributed by atoms with Crippen molar-refractivity contribution in [1.82, 2.24) is 15.3 Å². The molecule has 0 spiro atoms. The number of hydrogen-bond donors (Lipinski definition) is 2. The average molecular weight is 378 g/mol. The summed E-state index contributed by atoms with van der Waals surface area (Å²) in [5, 5.41) is 3.30. The highest BCUT2D eigenvalue weighted by Crippen LogP contribution is 2.39. The number of benzene rings is 1. The molecule has 1 heterocycles. The second-order valence-corrected chi connectivity index (χ2v) is 4.70. The van der Waals surface area contributed by atoms with E-state index < -0.39 is 41.0 Å². The Bertz CT molecular complexity index is 788. The van der Waals surface area contributed by atoms with Crippen molar-refractivity contribution < 1.29 is 35.9 Å². The summed E-state index contributed by atoms with van der Waals surface area (Å²) >= 11 is 0. The fraction of sp³-hybridized carbons (Fsp3) is 0.143. The minimum Gasteiger partial charge on any atom is -0.276 e. The van der Waals surface area contributed by atoms with Gasteiger partial charge in [-0.3, -0.25) is 15.4 Å². The molecule has 1 aromatic carbocycles. The number of halogens is 6. The standard InChI is InChI=1S/C14H8F6N4O2/c15-13(16,17)7-3-1-4-8(14(18,19)20)9(7)10(25)23-12(26)24-11-21-5-2-6-22-11/h1-6H,(H2,21,22,23,24,25,26). The zero-order valence-electron chi connectivity index (χ0n) is 12.4. The summed E-state index contributed by atoms with van der Waals surface area (Å²) in [7, 11) is 0. The molecule has 0 aliphatic carbocycles. The number of alkyl halides is 6. The summed E-state index contributed by atoms with van der Waals surface area (Å²) in [4.78, 5) is 30.7. The maximum Gasteiger partial charge on any atom is 0.417 e. The van der Waals surface area contributed by atoms with Gasteiger partial charge in [0.15, 0.2) is 0 Å². The van der Waals surface area contributed by atoms with E-state index in [1.54, 1.807) is 0 Å². The maximum absolute atomic E-state index is 13.0. The van der Waals surface area contributed by atoms with Gasteiger partial charge in [-0.2, -0.15) is 26.3 Å². The Morgan fingerprint density at radius 2 is 1.35 bits per heavy atom. The molecule has 26 heavy (non-hydrogen) atoms. The number of imide groups is 1. The minimum atomic E-state index is -5.24. The SMILES string of the molecule is O=C(NC(=O)c1c(C(F)(F)F)cccc1C(F)(F)F)Nc1ncccn1. The third-order valence-electron chi connectivity index (χ3n) is 2.92. The number of aromatic nitrogens is 2. The quantitative estimate of drug-likeness (QED) is 0.784. The summed E-state index contributed by atoms with van der Waals surface area (Å²) in [6.07, 6.45) is -8.06. The molecule has 1 aromatic heterocycles. The number of hydrogen-bond acceptors (Lipinski definition) is 4. The van der Waals surface area contributed by atoms with Gasteiger partial charge in [-0.1, -0.05) is 6.07 Å². The first kappa shape index (κ1) is 19.1. The predicted molar refractivity (Wildman–Crippen MR) is 75.0 cm³/mol. The van der Waals surface area contributed by atoms with Crippen molar-refractivity contribution in [2.75, 3.05) is 5.32 Å². The van der Waals surface area contributed by atoms with Gasteiger partial charge in [0.05, 0.1) is 16.7 Å². The van der Waals surface area contributed by atoms with E-state index in [4.69, 9.17) is 0 Å². The molecule has 3 amide bonds. The molecule has 138 valence electrons. The predicted octanol–water partition coefficient (Wildman–Crippen LogP) is 3.48. The van der Waals surface area contributed by atoms with Gasteiger partial charge in [0, 0.05) is 12.4 Å². The lowest BCUT2D eigenvalue weighted by Crippen LogP contribution is -2.37. The molecule has 0 atom stereocenters. The Morgan fingerprint density at radius 1 is 0.846 bits per heavy atom. The van der Waals surface area contributed by atoms with Crippen LogP contribution in [0.3, 0.4) is 0 Å². The van der Waals surface area contributed by atoms with Crippen LogP contribution in [-0.2, 0) is 12.4 Å². The summed E-state index contributed by atoms with van der Waals surface area (Å²) in [5.74, 6) is -2.18. The van der Waals surface area contributed by atoms with Gasteiger partial charge in [-0.15, -0.1) is 0 Å². The number of anilines is 1. The van der Waals surface area contributed by atoms with Crippen LogP contribution < -0.4 is 10.6 Å². The van der Waals surface area contributed by atoms with Gasteiger partial charge in [0.2, 0.25) is 5.95 Å². The van der Waals surface area contributed by atoms with Crippen LogP contribution in [0.4, 0.5) is 37.1 Å². The van der Waals surface area contributed by atoms with Crippen LogP contribution in [0.25, 0.3) is 0 Å². The molecule has 2 N–H and O–H groups in total. The highest BCUT2D eigenvalue weighted by Gasteiger charge is 2.43. The van der Waals surface area contributed by atoms with Crippen LogP contribution in [0.15, 0.2) is 36.7 Å². The molecule has 0 fully saturated rings. The van der Waals surface area contributed by atoms with Crippen LogP contribution in [0, 0.1) is 0 Å². The van der Waals surface area contributed by atoms with Gasteiger partial charge < -0.3 is 0 Å². The smallest absolute Gasteiger partial charge is 0.276 e. The Kier molecular flexibility index (Phi) is 5.14. The minimum absolute atomic E-state index is 0.307. The molecule has 0 radical (unpaired) electrons. The van der Waals surface area contributed by atoms with Gasteiger partial charge in [0.1, 0.15) is 0 Å². The number of carbonyl (C=O) groups is 2. The van der Waals surface area contributed by atoms with E-state index in [0.29, 0.717) is 18.2 Å². The zero-order valence-corrected chi connectivity index (χ0v) is 12.4. The normalized spacial score (nSPS) is 11.8. The van der Waals surface area contributed by atoms with Crippen LogP contribution in [-0.4, -0.2) is 21.9 Å². The highest BCUT2D eigenvalue weighted by molar-refractivity contribution is 6.09. The molecular weight excluding hydrogens is 370 g/mol. The molecule has 0 aliphatic rings. The van der Waals surface area contributed by atoms with Crippen molar-refractivity contribution in [2.45, 2.75) is 12.4 Å². The zero-order chi connectivity index (χ0) is 19.5. The van der Waals surface area contributed by atoms with Gasteiger partial charge in [0.25, 0.3) is 5.91 Å². The van der Waals surface area contributed by atoms with E-state index in [9.17, 15) is 35.9 Å². The molecule has 0 saturated carbocycles. The summed E-state index contributed by atoms with van der Waals surface area (Å²) in [6.45, 7) is 0. The Morgan fingerprint density at radius 3 is 1.81 bits per heavy atom. The molecule has 0 aliphatic heterocycles. The fourth-order valence-electron chi connectivity index (χ4n) is 1.93. The Labute approximate surface area is 141 Å². The molecule has 6 nitrogen and oxygen atoms in total. The monoisotopic (exact) mass is 378 g/mol. The van der Waals surface area contributed by atoms with Gasteiger partial charge in [-0.05, 0) is 18.2 Å². The van der Waals surface area contributed by atoms with Gasteiger partial charge in [-0.25, -0.2) is 14.8 Å². The van der Waals surface area contributed by atoms with Crippen LogP contribution >= 0.6 is 0 Å². The van der Waals surface area contributed by atoms with Crippen molar-refractivity contribution in [2.24, 2.45) is 0 Å². The summed E-state index contributed by atoms with van der Waals surface area (Å²) < 4.78 is 78.0. The largest absolute Gasteiger partial charge is 0.417 e. The molecule has 0 bridgehead atoms. The molecule has 0 unspecified atom stereocenters. The Balaban J connectivity index is 2.36. The number of nitrogens with zero attached hydrogens (tertiary/aromatic N) is 2. The topological polar surface area (TPSA) is 84.0 Å². The number of nitrogens with one attached hydrogen (secondary N) is 2. The summed E-state index contributed by atoms with van der Waals surface area (Å²) in [5.41, 5.74) is -5.36. The lowest BCUT2D eigenvalue weighted by molar-refractivity contribution is -0.143. The number of amides is 3. The molecule has 2 rings (SSSR count). The van der Waals surface area contributed by atoms with Crippen molar-refractivity contribution in [3.05, 3.63) is 53.3 Å². The molecule has 12 heteroatoms. The van der Waals surface area contributed by atoms with Gasteiger partial charge >= 0.3 is 18.4 Å². The van der Waals surface area contributed by atoms with Crippen LogP contribution in [0.2, 0.25) is 0 Å². The first-order chi connectivity index (χ1) is 12.0. The average Bonchev–Trinajstić information content (AvgIpc) is 2.53. The van der Waals surface area contributed by atoms with Crippen LogP contribution in [0.5, 0.6) is 0 Å². The molecule has 0 saturated heterocycles. The van der Waals surface area contributed by atoms with Crippen molar-refractivity contribution in [1.29, 1.82) is 0 Å². The van der Waals surface area contributed by atoms with E-state index in [0.717, 1.165) is 0 Å². The fourth-order valence-corrected chi connectivity index (χ4v) is 1.93. The molecule has 2 aromatic rings. The third kappa shape index (κ3) is 4.46. The summed E-state index contributed by atoms with van der Waals surface area (Å²) in [6, 6.07) is 1.13. The van der Waals surface area contributed by atoms with E-state index in [1.165, 1.54) is 23.8 Å². The van der Waals surface area contributed by atoms with Crippen molar-refractivity contribution in [3.8, 4) is 0 Å². The van der Waals surface area contributed by atoms with E-state index in [-0.39, 0.29) is 5.95 Å². The first-order valence-electron chi connectivity index (χ1n) is 6.67. The number of rotatable bonds is 2. The van der Waals surface area contributed by atoms with Crippen molar-refractivity contribution in [3.63, 3.8) is 0 Å². The maximum atomic E-state index is 13.0. The van der Waals surface area contributed by atoms with E-state index in [2.05, 4.69) is 9.97 Å². The number of urea groups is 1. The number of carbonyl (C=O) groups excluding carboxylic acids is 2. The van der Waals surface area contributed by atoms with E-state index in [1.807, 2.05) is 5.32 Å². The highest BCUT2D eigenvalue weighted by atomic mass is 19.4. The van der Waals surface area contributed by atoms with Crippen molar-refractivity contribution >= 4 is 17.9 Å². The molecular formula is C14H8F6N4O2. The van der Waals surface area contributed by atoms with Crippen LogP contribution in [0.1, 0.15) is 21.5 Å².